The molecule has 0 spiro atoms. The van der Waals surface area contributed by atoms with Gasteiger partial charge in [0.2, 0.25) is 0 Å². The van der Waals surface area contributed by atoms with Gasteiger partial charge in [0.1, 0.15) is 11.6 Å². The molecule has 0 amide bonds. The summed E-state index contributed by atoms with van der Waals surface area (Å²) in [6.07, 6.45) is 4.89. The van der Waals surface area contributed by atoms with Crippen LogP contribution in [-0.2, 0) is 0 Å². The average molecular weight is 251 g/mol. The Bertz CT molecular complexity index is 394. The fraction of sp³-hybridized carbons (Fsp3) is 0.600. The second-order valence-corrected chi connectivity index (χ2v) is 5.18. The number of hydrogen-bond acceptors (Lipinski definition) is 2. The van der Waals surface area contributed by atoms with Crippen LogP contribution >= 0.6 is 0 Å². The zero-order valence-corrected chi connectivity index (χ0v) is 11.3. The molecule has 100 valence electrons. The Balaban J connectivity index is 1.82. The molecule has 3 heteroatoms. The van der Waals surface area contributed by atoms with Crippen molar-refractivity contribution >= 4 is 0 Å². The normalized spacial score (nSPS) is 20.9. The van der Waals surface area contributed by atoms with Crippen molar-refractivity contribution in [3.63, 3.8) is 0 Å². The van der Waals surface area contributed by atoms with Crippen LogP contribution in [0.3, 0.4) is 0 Å². The summed E-state index contributed by atoms with van der Waals surface area (Å²) in [6, 6.07) is 5.32. The number of likely N-dealkylation sites (tertiary alicyclic amines) is 1. The van der Waals surface area contributed by atoms with E-state index in [-0.39, 0.29) is 5.82 Å². The highest BCUT2D eigenvalue weighted by molar-refractivity contribution is 5.32. The second kappa shape index (κ2) is 6.19. The molecule has 0 aliphatic carbocycles. The molecule has 0 aromatic heterocycles. The fourth-order valence-corrected chi connectivity index (χ4v) is 2.54. The quantitative estimate of drug-likeness (QED) is 0.813. The number of ether oxygens (including phenoxy) is 1. The van der Waals surface area contributed by atoms with Crippen LogP contribution in [0.4, 0.5) is 4.39 Å². The third-order valence-electron chi connectivity index (χ3n) is 3.78. The Kier molecular flexibility index (Phi) is 4.59. The van der Waals surface area contributed by atoms with Gasteiger partial charge in [-0.1, -0.05) is 12.5 Å². The Morgan fingerprint density at radius 3 is 3.00 bits per heavy atom. The van der Waals surface area contributed by atoms with Crippen molar-refractivity contribution in [3.8, 4) is 5.75 Å². The summed E-state index contributed by atoms with van der Waals surface area (Å²) in [5.41, 5.74) is 0.994. The zero-order chi connectivity index (χ0) is 13.0. The van der Waals surface area contributed by atoms with Crippen LogP contribution in [0, 0.1) is 12.7 Å². The van der Waals surface area contributed by atoms with Gasteiger partial charge in [-0.05, 0) is 51.4 Å². The highest BCUT2D eigenvalue weighted by Crippen LogP contribution is 2.21. The second-order valence-electron chi connectivity index (χ2n) is 5.18. The number of halogens is 1. The van der Waals surface area contributed by atoms with Gasteiger partial charge in [-0.2, -0.15) is 0 Å². The minimum atomic E-state index is -0.231. The van der Waals surface area contributed by atoms with Gasteiger partial charge >= 0.3 is 0 Å². The predicted molar refractivity (Wildman–Crippen MR) is 71.5 cm³/mol. The van der Waals surface area contributed by atoms with E-state index in [0.717, 1.165) is 12.0 Å². The van der Waals surface area contributed by atoms with Crippen molar-refractivity contribution in [2.75, 3.05) is 20.2 Å². The van der Waals surface area contributed by atoms with Crippen molar-refractivity contribution in [2.24, 2.45) is 0 Å². The standard InChI is InChI=1S/C15H22FNO/c1-12-6-7-13(16)11-15(12)18-10-8-14-5-3-4-9-17(14)2/h6-7,11,14H,3-5,8-10H2,1-2H3. The first-order valence-corrected chi connectivity index (χ1v) is 6.76. The molecule has 1 aliphatic heterocycles. The van der Waals surface area contributed by atoms with Crippen LogP contribution < -0.4 is 4.74 Å². The summed E-state index contributed by atoms with van der Waals surface area (Å²) in [4.78, 5) is 2.41. The number of nitrogens with zero attached hydrogens (tertiary/aromatic N) is 1. The molecule has 2 rings (SSSR count). The maximum atomic E-state index is 13.1. The van der Waals surface area contributed by atoms with Crippen molar-refractivity contribution in [3.05, 3.63) is 29.6 Å². The first-order valence-electron chi connectivity index (χ1n) is 6.76. The highest BCUT2D eigenvalue weighted by atomic mass is 19.1. The van der Waals surface area contributed by atoms with E-state index in [1.54, 1.807) is 6.07 Å². The summed E-state index contributed by atoms with van der Waals surface area (Å²) < 4.78 is 18.8. The van der Waals surface area contributed by atoms with Crippen LogP contribution in [0.15, 0.2) is 18.2 Å². The van der Waals surface area contributed by atoms with Gasteiger partial charge in [-0.15, -0.1) is 0 Å². The summed E-state index contributed by atoms with van der Waals surface area (Å²) in [5.74, 6) is 0.443. The van der Waals surface area contributed by atoms with Crippen molar-refractivity contribution in [1.82, 2.24) is 4.90 Å². The molecule has 18 heavy (non-hydrogen) atoms. The minimum absolute atomic E-state index is 0.231. The molecule has 1 fully saturated rings. The van der Waals surface area contributed by atoms with Gasteiger partial charge in [0.15, 0.2) is 0 Å². The molecule has 1 unspecified atom stereocenters. The molecule has 1 aromatic carbocycles. The van der Waals surface area contributed by atoms with Gasteiger partial charge in [0, 0.05) is 12.1 Å². The van der Waals surface area contributed by atoms with Gasteiger partial charge in [-0.3, -0.25) is 0 Å². The molecule has 0 radical (unpaired) electrons. The largest absolute Gasteiger partial charge is 0.493 e. The topological polar surface area (TPSA) is 12.5 Å². The highest BCUT2D eigenvalue weighted by Gasteiger charge is 2.18. The van der Waals surface area contributed by atoms with Crippen LogP contribution in [-0.4, -0.2) is 31.1 Å². The van der Waals surface area contributed by atoms with Gasteiger partial charge in [-0.25, -0.2) is 4.39 Å². The Labute approximate surface area is 109 Å². The molecule has 1 aliphatic rings. The molecule has 0 N–H and O–H groups in total. The van der Waals surface area contributed by atoms with Crippen LogP contribution in [0.2, 0.25) is 0 Å². The minimum Gasteiger partial charge on any atom is -0.493 e. The average Bonchev–Trinajstić information content (AvgIpc) is 2.36. The smallest absolute Gasteiger partial charge is 0.126 e. The van der Waals surface area contributed by atoms with Crippen LogP contribution in [0.1, 0.15) is 31.2 Å². The zero-order valence-electron chi connectivity index (χ0n) is 11.3. The summed E-state index contributed by atoms with van der Waals surface area (Å²) in [7, 11) is 2.18. The van der Waals surface area contributed by atoms with E-state index < -0.39 is 0 Å². The van der Waals surface area contributed by atoms with Gasteiger partial charge in [0.05, 0.1) is 6.61 Å². The number of piperidine rings is 1. The van der Waals surface area contributed by atoms with Crippen LogP contribution in [0.25, 0.3) is 0 Å². The molecule has 1 atom stereocenters. The van der Waals surface area contributed by atoms with Crippen molar-refractivity contribution in [1.29, 1.82) is 0 Å². The van der Waals surface area contributed by atoms with E-state index in [2.05, 4.69) is 11.9 Å². The third-order valence-corrected chi connectivity index (χ3v) is 3.78. The first-order chi connectivity index (χ1) is 8.66. The molecule has 1 aromatic rings. The van der Waals surface area contributed by atoms with E-state index in [0.29, 0.717) is 18.4 Å². The lowest BCUT2D eigenvalue weighted by Gasteiger charge is -2.32. The monoisotopic (exact) mass is 251 g/mol. The Morgan fingerprint density at radius 2 is 2.22 bits per heavy atom. The first kappa shape index (κ1) is 13.3. The molecule has 0 bridgehead atoms. The Hall–Kier alpha value is -1.09. The number of benzene rings is 1. The fourth-order valence-electron chi connectivity index (χ4n) is 2.54. The summed E-state index contributed by atoms with van der Waals surface area (Å²) in [5, 5.41) is 0. The van der Waals surface area contributed by atoms with E-state index >= 15 is 0 Å². The third kappa shape index (κ3) is 3.45. The van der Waals surface area contributed by atoms with E-state index in [1.807, 2.05) is 6.92 Å². The number of hydrogen-bond donors (Lipinski definition) is 0. The summed E-state index contributed by atoms with van der Waals surface area (Å²) in [6.45, 7) is 3.80. The lowest BCUT2D eigenvalue weighted by Crippen LogP contribution is -2.37. The van der Waals surface area contributed by atoms with E-state index in [1.165, 1.54) is 37.9 Å². The predicted octanol–water partition coefficient (Wildman–Crippen LogP) is 3.39. The summed E-state index contributed by atoms with van der Waals surface area (Å²) >= 11 is 0. The number of rotatable bonds is 4. The van der Waals surface area contributed by atoms with E-state index in [9.17, 15) is 4.39 Å². The lowest BCUT2D eigenvalue weighted by atomic mass is 10.0. The Morgan fingerprint density at radius 1 is 1.39 bits per heavy atom. The molecule has 2 nitrogen and oxygen atoms in total. The maximum Gasteiger partial charge on any atom is 0.126 e. The number of aryl methyl sites for hydroxylation is 1. The molecular weight excluding hydrogens is 229 g/mol. The van der Waals surface area contributed by atoms with Gasteiger partial charge < -0.3 is 9.64 Å². The maximum absolute atomic E-state index is 13.1. The van der Waals surface area contributed by atoms with E-state index in [4.69, 9.17) is 4.74 Å². The molecule has 0 saturated carbocycles. The molecular formula is C15H22FNO. The lowest BCUT2D eigenvalue weighted by molar-refractivity contribution is 0.153. The van der Waals surface area contributed by atoms with Crippen molar-refractivity contribution in [2.45, 2.75) is 38.6 Å². The van der Waals surface area contributed by atoms with Crippen molar-refractivity contribution < 1.29 is 9.13 Å². The SMILES string of the molecule is Cc1ccc(F)cc1OCCC1CCCCN1C. The van der Waals surface area contributed by atoms with Crippen LogP contribution in [0.5, 0.6) is 5.75 Å². The molecule has 1 heterocycles. The molecule has 1 saturated heterocycles. The van der Waals surface area contributed by atoms with Gasteiger partial charge in [0.25, 0.3) is 0 Å².